The average molecular weight is 286 g/mol. The fraction of sp³-hybridized carbons (Fsp3) is 0.727. The molecule has 1 N–H and O–H groups in total. The summed E-state index contributed by atoms with van der Waals surface area (Å²) >= 11 is 0. The van der Waals surface area contributed by atoms with Crippen LogP contribution in [0, 0.1) is 0 Å². The van der Waals surface area contributed by atoms with Crippen LogP contribution in [0.5, 0.6) is 0 Å². The van der Waals surface area contributed by atoms with E-state index in [1.807, 2.05) is 6.07 Å². The largest absolute Gasteiger partial charge is 0.379 e. The van der Waals surface area contributed by atoms with Crippen LogP contribution in [0.25, 0.3) is 0 Å². The second kappa shape index (κ2) is 5.20. The standard InChI is InChI=1S/C11H18N4O3S/c16-19(17,14-5-7-18-8-6-14)15-4-2-10(9-15)11-1-3-12-13-11/h1,3,10H,2,4-9H2,(H,12,13)/t10-/m0/s1. The molecule has 0 unspecified atom stereocenters. The summed E-state index contributed by atoms with van der Waals surface area (Å²) < 4.78 is 33.2. The number of morpholine rings is 1. The summed E-state index contributed by atoms with van der Waals surface area (Å²) in [6.07, 6.45) is 2.54. The highest BCUT2D eigenvalue weighted by Crippen LogP contribution is 2.28. The van der Waals surface area contributed by atoms with Gasteiger partial charge in [0.15, 0.2) is 0 Å². The van der Waals surface area contributed by atoms with Gasteiger partial charge < -0.3 is 4.74 Å². The molecule has 0 saturated carbocycles. The highest BCUT2D eigenvalue weighted by molar-refractivity contribution is 7.86. The number of hydrogen-bond acceptors (Lipinski definition) is 4. The number of aromatic nitrogens is 2. The first-order valence-electron chi connectivity index (χ1n) is 6.50. The van der Waals surface area contributed by atoms with Gasteiger partial charge in [-0.2, -0.15) is 22.1 Å². The highest BCUT2D eigenvalue weighted by atomic mass is 32.2. The Morgan fingerprint density at radius 1 is 1.26 bits per heavy atom. The maximum atomic E-state index is 12.5. The van der Waals surface area contributed by atoms with Crippen molar-refractivity contribution in [3.63, 3.8) is 0 Å². The fourth-order valence-corrected chi connectivity index (χ4v) is 4.27. The Balaban J connectivity index is 1.69. The van der Waals surface area contributed by atoms with Crippen LogP contribution >= 0.6 is 0 Å². The molecule has 106 valence electrons. The molecule has 2 fully saturated rings. The molecule has 0 aliphatic carbocycles. The summed E-state index contributed by atoms with van der Waals surface area (Å²) in [5.41, 5.74) is 1.01. The Labute approximate surface area is 112 Å². The molecule has 2 saturated heterocycles. The molecule has 2 aliphatic rings. The lowest BCUT2D eigenvalue weighted by molar-refractivity contribution is 0.0705. The van der Waals surface area contributed by atoms with Gasteiger partial charge in [-0.3, -0.25) is 5.10 Å². The van der Waals surface area contributed by atoms with E-state index in [0.29, 0.717) is 39.4 Å². The number of aromatic amines is 1. The molecule has 0 aromatic carbocycles. The van der Waals surface area contributed by atoms with Gasteiger partial charge in [-0.1, -0.05) is 0 Å². The number of H-pyrrole nitrogens is 1. The van der Waals surface area contributed by atoms with Gasteiger partial charge in [-0.15, -0.1) is 0 Å². The smallest absolute Gasteiger partial charge is 0.282 e. The third kappa shape index (κ3) is 2.53. The predicted octanol–water partition coefficient (Wildman–Crippen LogP) is -0.224. The van der Waals surface area contributed by atoms with Gasteiger partial charge in [0, 0.05) is 44.0 Å². The lowest BCUT2D eigenvalue weighted by Gasteiger charge is -2.30. The molecule has 1 aromatic heterocycles. The number of nitrogens with one attached hydrogen (secondary N) is 1. The van der Waals surface area contributed by atoms with Gasteiger partial charge in [-0.05, 0) is 12.5 Å². The van der Waals surface area contributed by atoms with Crippen LogP contribution in [0.4, 0.5) is 0 Å². The molecule has 3 rings (SSSR count). The Hall–Kier alpha value is -0.960. The molecule has 8 heteroatoms. The predicted molar refractivity (Wildman–Crippen MR) is 68.8 cm³/mol. The summed E-state index contributed by atoms with van der Waals surface area (Å²) in [5, 5.41) is 6.85. The molecular formula is C11H18N4O3S. The molecule has 19 heavy (non-hydrogen) atoms. The molecule has 0 radical (unpaired) electrons. The third-order valence-corrected chi connectivity index (χ3v) is 5.74. The molecule has 7 nitrogen and oxygen atoms in total. The molecule has 1 atom stereocenters. The van der Waals surface area contributed by atoms with Crippen LogP contribution < -0.4 is 0 Å². The van der Waals surface area contributed by atoms with Crippen LogP contribution in [0.1, 0.15) is 18.0 Å². The molecule has 1 aromatic rings. The zero-order chi connectivity index (χ0) is 13.3. The second-order valence-corrected chi connectivity index (χ2v) is 6.80. The maximum absolute atomic E-state index is 12.5. The van der Waals surface area contributed by atoms with Crippen LogP contribution in [0.2, 0.25) is 0 Å². The Morgan fingerprint density at radius 2 is 2.05 bits per heavy atom. The Morgan fingerprint density at radius 3 is 2.74 bits per heavy atom. The highest BCUT2D eigenvalue weighted by Gasteiger charge is 2.36. The summed E-state index contributed by atoms with van der Waals surface area (Å²) in [5.74, 6) is 0.221. The lowest BCUT2D eigenvalue weighted by atomic mass is 10.1. The third-order valence-electron chi connectivity index (χ3n) is 3.74. The van der Waals surface area contributed by atoms with Gasteiger partial charge in [-0.25, -0.2) is 0 Å². The van der Waals surface area contributed by atoms with Crippen molar-refractivity contribution < 1.29 is 13.2 Å². The van der Waals surface area contributed by atoms with Crippen LogP contribution in [0.15, 0.2) is 12.3 Å². The van der Waals surface area contributed by atoms with E-state index in [-0.39, 0.29) is 5.92 Å². The van der Waals surface area contributed by atoms with Crippen molar-refractivity contribution in [3.05, 3.63) is 18.0 Å². The Kier molecular flexibility index (Phi) is 3.57. The first kappa shape index (κ1) is 13.0. The summed E-state index contributed by atoms with van der Waals surface area (Å²) in [7, 11) is -3.33. The Bertz CT molecular complexity index is 510. The van der Waals surface area contributed by atoms with Gasteiger partial charge >= 0.3 is 0 Å². The van der Waals surface area contributed by atoms with Gasteiger partial charge in [0.05, 0.1) is 13.2 Å². The maximum Gasteiger partial charge on any atom is 0.282 e. The van der Waals surface area contributed by atoms with E-state index >= 15 is 0 Å². The van der Waals surface area contributed by atoms with Gasteiger partial charge in [0.25, 0.3) is 10.2 Å². The SMILES string of the molecule is O=S(=O)(N1CCOCC1)N1CC[C@H](c2ccn[nH]2)C1. The minimum Gasteiger partial charge on any atom is -0.379 e. The van der Waals surface area contributed by atoms with Crippen molar-refractivity contribution in [3.8, 4) is 0 Å². The van der Waals surface area contributed by atoms with Crippen molar-refractivity contribution in [2.45, 2.75) is 12.3 Å². The minimum absolute atomic E-state index is 0.221. The minimum atomic E-state index is -3.33. The van der Waals surface area contributed by atoms with Crippen LogP contribution in [-0.4, -0.2) is 66.6 Å². The van der Waals surface area contributed by atoms with E-state index in [4.69, 9.17) is 4.74 Å². The number of ether oxygens (including phenoxy) is 1. The van der Waals surface area contributed by atoms with E-state index in [2.05, 4.69) is 10.2 Å². The zero-order valence-corrected chi connectivity index (χ0v) is 11.5. The topological polar surface area (TPSA) is 78.5 Å². The molecule has 0 amide bonds. The summed E-state index contributed by atoms with van der Waals surface area (Å²) in [6, 6.07) is 1.91. The second-order valence-electron chi connectivity index (χ2n) is 4.87. The lowest BCUT2D eigenvalue weighted by Crippen LogP contribution is -2.47. The molecule has 0 spiro atoms. The molecular weight excluding hydrogens is 268 g/mol. The van der Waals surface area contributed by atoms with Crippen molar-refractivity contribution in [1.29, 1.82) is 0 Å². The van der Waals surface area contributed by atoms with Crippen molar-refractivity contribution in [1.82, 2.24) is 18.8 Å². The van der Waals surface area contributed by atoms with E-state index in [0.717, 1.165) is 12.1 Å². The number of nitrogens with zero attached hydrogens (tertiary/aromatic N) is 3. The van der Waals surface area contributed by atoms with E-state index < -0.39 is 10.2 Å². The number of hydrogen-bond donors (Lipinski definition) is 1. The monoisotopic (exact) mass is 286 g/mol. The normalized spacial score (nSPS) is 26.8. The van der Waals surface area contributed by atoms with Gasteiger partial charge in [0.2, 0.25) is 0 Å². The molecule has 0 bridgehead atoms. The number of rotatable bonds is 3. The van der Waals surface area contributed by atoms with Crippen LogP contribution in [-0.2, 0) is 14.9 Å². The van der Waals surface area contributed by atoms with Crippen molar-refractivity contribution >= 4 is 10.2 Å². The fourth-order valence-electron chi connectivity index (χ4n) is 2.63. The van der Waals surface area contributed by atoms with Crippen molar-refractivity contribution in [2.75, 3.05) is 39.4 Å². The van der Waals surface area contributed by atoms with Crippen LogP contribution in [0.3, 0.4) is 0 Å². The zero-order valence-electron chi connectivity index (χ0n) is 10.7. The summed E-state index contributed by atoms with van der Waals surface area (Å²) in [6.45, 7) is 2.97. The summed E-state index contributed by atoms with van der Waals surface area (Å²) in [4.78, 5) is 0. The first-order chi connectivity index (χ1) is 9.18. The van der Waals surface area contributed by atoms with Crippen molar-refractivity contribution in [2.24, 2.45) is 0 Å². The van der Waals surface area contributed by atoms with E-state index in [9.17, 15) is 8.42 Å². The molecule has 2 aliphatic heterocycles. The van der Waals surface area contributed by atoms with Gasteiger partial charge in [0.1, 0.15) is 0 Å². The quantitative estimate of drug-likeness (QED) is 0.833. The average Bonchev–Trinajstić information content (AvgIpc) is 3.10. The van der Waals surface area contributed by atoms with E-state index in [1.54, 1.807) is 10.5 Å². The van der Waals surface area contributed by atoms with E-state index in [1.165, 1.54) is 4.31 Å². The first-order valence-corrected chi connectivity index (χ1v) is 7.90. The molecule has 3 heterocycles.